The first-order chi connectivity index (χ1) is 11.7. The van der Waals surface area contributed by atoms with Crippen molar-refractivity contribution in [3.8, 4) is 11.5 Å². The molecule has 0 aliphatic carbocycles. The number of piperidine rings is 1. The van der Waals surface area contributed by atoms with E-state index in [9.17, 15) is 0 Å². The summed E-state index contributed by atoms with van der Waals surface area (Å²) in [6.45, 7) is 4.64. The monoisotopic (exact) mass is 328 g/mol. The van der Waals surface area contributed by atoms with E-state index in [2.05, 4.69) is 14.9 Å². The number of nitrogens with two attached hydrogens (primary N) is 1. The minimum Gasteiger partial charge on any atom is -0.497 e. The molecule has 1 fully saturated rings. The molecule has 3 rings (SSSR count). The van der Waals surface area contributed by atoms with Crippen LogP contribution in [-0.2, 0) is 0 Å². The van der Waals surface area contributed by atoms with Crippen molar-refractivity contribution in [1.29, 1.82) is 0 Å². The summed E-state index contributed by atoms with van der Waals surface area (Å²) < 4.78 is 11.1. The second kappa shape index (κ2) is 7.38. The van der Waals surface area contributed by atoms with Crippen LogP contribution in [0.1, 0.15) is 18.4 Å². The molecular weight excluding hydrogens is 304 g/mol. The Bertz CT molecular complexity index is 675. The van der Waals surface area contributed by atoms with Gasteiger partial charge in [-0.05, 0) is 44.0 Å². The number of benzene rings is 1. The summed E-state index contributed by atoms with van der Waals surface area (Å²) in [5.41, 5.74) is 6.80. The van der Waals surface area contributed by atoms with Crippen molar-refractivity contribution < 1.29 is 9.47 Å². The average Bonchev–Trinajstić information content (AvgIpc) is 2.62. The van der Waals surface area contributed by atoms with E-state index in [-0.39, 0.29) is 0 Å². The van der Waals surface area contributed by atoms with E-state index in [0.717, 1.165) is 48.8 Å². The first-order valence-corrected chi connectivity index (χ1v) is 8.26. The van der Waals surface area contributed by atoms with Gasteiger partial charge in [0.05, 0.1) is 13.7 Å². The molecule has 0 spiro atoms. The van der Waals surface area contributed by atoms with Crippen molar-refractivity contribution in [2.45, 2.75) is 19.8 Å². The van der Waals surface area contributed by atoms with Gasteiger partial charge in [0.1, 0.15) is 17.3 Å². The number of aromatic nitrogens is 2. The fourth-order valence-corrected chi connectivity index (χ4v) is 3.05. The van der Waals surface area contributed by atoms with Crippen LogP contribution in [0.2, 0.25) is 0 Å². The zero-order chi connectivity index (χ0) is 16.9. The molecule has 0 saturated carbocycles. The van der Waals surface area contributed by atoms with Crippen molar-refractivity contribution in [3.63, 3.8) is 0 Å². The van der Waals surface area contributed by atoms with Gasteiger partial charge >= 0.3 is 0 Å². The lowest BCUT2D eigenvalue weighted by atomic mass is 9.98. The molecule has 6 heteroatoms. The SMILES string of the molecule is COc1ccc(OC[C@@H]2CCCN(c3nc(N)ncc3C)C2)cc1. The van der Waals surface area contributed by atoms with Crippen LogP contribution in [0.3, 0.4) is 0 Å². The maximum absolute atomic E-state index is 5.94. The molecule has 0 bridgehead atoms. The molecule has 1 aliphatic heterocycles. The Morgan fingerprint density at radius 1 is 1.25 bits per heavy atom. The Hall–Kier alpha value is -2.50. The lowest BCUT2D eigenvalue weighted by Crippen LogP contribution is -2.38. The van der Waals surface area contributed by atoms with Gasteiger partial charge in [-0.2, -0.15) is 4.98 Å². The molecule has 24 heavy (non-hydrogen) atoms. The van der Waals surface area contributed by atoms with Gasteiger partial charge in [0.25, 0.3) is 0 Å². The van der Waals surface area contributed by atoms with Gasteiger partial charge in [0.2, 0.25) is 5.95 Å². The van der Waals surface area contributed by atoms with E-state index in [1.165, 1.54) is 0 Å². The van der Waals surface area contributed by atoms with Crippen molar-refractivity contribution >= 4 is 11.8 Å². The minimum absolute atomic E-state index is 0.326. The van der Waals surface area contributed by atoms with Gasteiger partial charge in [-0.25, -0.2) is 4.98 Å². The topological polar surface area (TPSA) is 73.5 Å². The fraction of sp³-hybridized carbons (Fsp3) is 0.444. The summed E-state index contributed by atoms with van der Waals surface area (Å²) in [5, 5.41) is 0. The molecular formula is C18H24N4O2. The second-order valence-electron chi connectivity index (χ2n) is 6.18. The van der Waals surface area contributed by atoms with E-state index in [1.54, 1.807) is 13.3 Å². The van der Waals surface area contributed by atoms with Crippen LogP contribution in [0.15, 0.2) is 30.5 Å². The molecule has 1 atom stereocenters. The van der Waals surface area contributed by atoms with Gasteiger partial charge < -0.3 is 20.1 Å². The highest BCUT2D eigenvalue weighted by Crippen LogP contribution is 2.25. The second-order valence-corrected chi connectivity index (χ2v) is 6.18. The van der Waals surface area contributed by atoms with Gasteiger partial charge in [0.15, 0.2) is 0 Å². The van der Waals surface area contributed by atoms with Crippen LogP contribution in [-0.4, -0.2) is 36.8 Å². The van der Waals surface area contributed by atoms with E-state index >= 15 is 0 Å². The molecule has 6 nitrogen and oxygen atoms in total. The summed E-state index contributed by atoms with van der Waals surface area (Å²) in [6, 6.07) is 7.70. The van der Waals surface area contributed by atoms with Crippen LogP contribution in [0.25, 0.3) is 0 Å². The smallest absolute Gasteiger partial charge is 0.221 e. The third kappa shape index (κ3) is 3.88. The maximum Gasteiger partial charge on any atom is 0.221 e. The first-order valence-electron chi connectivity index (χ1n) is 8.26. The van der Waals surface area contributed by atoms with E-state index in [1.807, 2.05) is 31.2 Å². The number of methoxy groups -OCH3 is 1. The van der Waals surface area contributed by atoms with Crippen LogP contribution >= 0.6 is 0 Å². The zero-order valence-electron chi connectivity index (χ0n) is 14.2. The highest BCUT2D eigenvalue weighted by molar-refractivity contribution is 5.48. The molecule has 2 heterocycles. The summed E-state index contributed by atoms with van der Waals surface area (Å²) in [4.78, 5) is 10.7. The van der Waals surface area contributed by atoms with E-state index in [0.29, 0.717) is 18.5 Å². The molecule has 0 radical (unpaired) electrons. The fourth-order valence-electron chi connectivity index (χ4n) is 3.05. The van der Waals surface area contributed by atoms with Gasteiger partial charge in [0, 0.05) is 30.8 Å². The molecule has 2 aromatic rings. The third-order valence-electron chi connectivity index (χ3n) is 4.33. The number of ether oxygens (including phenoxy) is 2. The number of nitrogen functional groups attached to an aromatic ring is 1. The van der Waals surface area contributed by atoms with Crippen LogP contribution < -0.4 is 20.1 Å². The summed E-state index contributed by atoms with van der Waals surface area (Å²) >= 11 is 0. The molecule has 1 aliphatic rings. The van der Waals surface area contributed by atoms with Crippen molar-refractivity contribution in [2.24, 2.45) is 5.92 Å². The largest absolute Gasteiger partial charge is 0.497 e. The van der Waals surface area contributed by atoms with Gasteiger partial charge in [-0.15, -0.1) is 0 Å². The highest BCUT2D eigenvalue weighted by atomic mass is 16.5. The molecule has 1 saturated heterocycles. The quantitative estimate of drug-likeness (QED) is 0.909. The third-order valence-corrected chi connectivity index (χ3v) is 4.33. The Morgan fingerprint density at radius 2 is 2.00 bits per heavy atom. The number of hydrogen-bond acceptors (Lipinski definition) is 6. The standard InChI is InChI=1S/C18H24N4O2/c1-13-10-20-18(19)21-17(13)22-9-3-4-14(11-22)12-24-16-7-5-15(23-2)6-8-16/h5-8,10,14H,3-4,9,11-12H2,1-2H3,(H2,19,20,21)/t14-/m1/s1. The molecule has 2 N–H and O–H groups in total. The predicted octanol–water partition coefficient (Wildman–Crippen LogP) is 2.67. The molecule has 128 valence electrons. The number of rotatable bonds is 5. The Morgan fingerprint density at radius 3 is 2.75 bits per heavy atom. The van der Waals surface area contributed by atoms with Crippen LogP contribution in [0.4, 0.5) is 11.8 Å². The van der Waals surface area contributed by atoms with Crippen molar-refractivity contribution in [2.75, 3.05) is 37.4 Å². The lowest BCUT2D eigenvalue weighted by Gasteiger charge is -2.34. The van der Waals surface area contributed by atoms with Crippen LogP contribution in [0.5, 0.6) is 11.5 Å². The highest BCUT2D eigenvalue weighted by Gasteiger charge is 2.23. The minimum atomic E-state index is 0.326. The molecule has 0 unspecified atom stereocenters. The average molecular weight is 328 g/mol. The Kier molecular flexibility index (Phi) is 5.03. The zero-order valence-corrected chi connectivity index (χ0v) is 14.2. The maximum atomic E-state index is 5.94. The molecule has 1 aromatic heterocycles. The summed E-state index contributed by atoms with van der Waals surface area (Å²) in [7, 11) is 1.66. The lowest BCUT2D eigenvalue weighted by molar-refractivity contribution is 0.228. The van der Waals surface area contributed by atoms with Gasteiger partial charge in [-0.3, -0.25) is 0 Å². The van der Waals surface area contributed by atoms with Gasteiger partial charge in [-0.1, -0.05) is 0 Å². The summed E-state index contributed by atoms with van der Waals surface area (Å²) in [6.07, 6.45) is 4.07. The van der Waals surface area contributed by atoms with E-state index < -0.39 is 0 Å². The summed E-state index contributed by atoms with van der Waals surface area (Å²) in [5.74, 6) is 3.44. The van der Waals surface area contributed by atoms with Crippen LogP contribution in [0, 0.1) is 12.8 Å². The molecule has 0 amide bonds. The number of anilines is 2. The Balaban J connectivity index is 1.60. The number of hydrogen-bond donors (Lipinski definition) is 1. The number of nitrogens with zero attached hydrogens (tertiary/aromatic N) is 3. The number of aryl methyl sites for hydroxylation is 1. The molecule has 1 aromatic carbocycles. The first kappa shape index (κ1) is 16.4. The van der Waals surface area contributed by atoms with E-state index in [4.69, 9.17) is 15.2 Å². The normalized spacial score (nSPS) is 17.6. The van der Waals surface area contributed by atoms with Crippen molar-refractivity contribution in [1.82, 2.24) is 9.97 Å². The van der Waals surface area contributed by atoms with Crippen molar-refractivity contribution in [3.05, 3.63) is 36.0 Å². The Labute approximate surface area is 142 Å². The predicted molar refractivity (Wildman–Crippen MR) is 94.6 cm³/mol.